The highest BCUT2D eigenvalue weighted by Crippen LogP contribution is 2.31. The van der Waals surface area contributed by atoms with Gasteiger partial charge in [-0.1, -0.05) is 63.6 Å². The summed E-state index contributed by atoms with van der Waals surface area (Å²) in [5.74, 6) is 0.292. The zero-order chi connectivity index (χ0) is 26.4. The van der Waals surface area contributed by atoms with Gasteiger partial charge in [0.2, 0.25) is 11.8 Å². The minimum atomic E-state index is -0.342. The molecule has 2 aliphatic heterocycles. The fraction of sp³-hybridized carbons (Fsp3) is 0.548. The quantitative estimate of drug-likeness (QED) is 0.495. The molecule has 0 radical (unpaired) electrons. The van der Waals surface area contributed by atoms with Crippen LogP contribution in [-0.2, 0) is 22.6 Å². The SMILES string of the molecule is CCC(=O)N1CCC2CCCC(CN(C(=O)Cc3ccccc3F)Cc3ccccc31)N2CCC(C)C. The molecule has 2 heterocycles. The molecule has 2 aromatic carbocycles. The molecule has 0 N–H and O–H groups in total. The van der Waals surface area contributed by atoms with Crippen LogP contribution in [0.15, 0.2) is 48.5 Å². The molecule has 0 saturated carbocycles. The van der Waals surface area contributed by atoms with Crippen molar-refractivity contribution < 1.29 is 14.0 Å². The second kappa shape index (κ2) is 12.7. The summed E-state index contributed by atoms with van der Waals surface area (Å²) in [5, 5.41) is 0. The number of halogens is 1. The highest BCUT2D eigenvalue weighted by atomic mass is 19.1. The van der Waals surface area contributed by atoms with Gasteiger partial charge in [0, 0.05) is 43.8 Å². The van der Waals surface area contributed by atoms with Crippen molar-refractivity contribution in [2.24, 2.45) is 5.92 Å². The van der Waals surface area contributed by atoms with Gasteiger partial charge in [-0.15, -0.1) is 0 Å². The Morgan fingerprint density at radius 1 is 0.973 bits per heavy atom. The molecule has 4 rings (SSSR count). The maximum Gasteiger partial charge on any atom is 0.227 e. The molecule has 2 aliphatic rings. The molecular weight excluding hydrogens is 465 g/mol. The van der Waals surface area contributed by atoms with Gasteiger partial charge in [-0.05, 0) is 61.4 Å². The molecule has 0 aliphatic carbocycles. The number of fused-ring (bicyclic) bond motifs is 3. The molecule has 200 valence electrons. The van der Waals surface area contributed by atoms with Crippen LogP contribution in [-0.4, -0.2) is 53.3 Å². The number of nitrogens with zero attached hydrogens (tertiary/aromatic N) is 3. The lowest BCUT2D eigenvalue weighted by molar-refractivity contribution is -0.132. The Kier molecular flexibility index (Phi) is 9.36. The molecule has 0 spiro atoms. The highest BCUT2D eigenvalue weighted by molar-refractivity contribution is 5.94. The van der Waals surface area contributed by atoms with Gasteiger partial charge in [-0.2, -0.15) is 0 Å². The van der Waals surface area contributed by atoms with E-state index in [-0.39, 0.29) is 30.1 Å². The number of hydrogen-bond acceptors (Lipinski definition) is 3. The van der Waals surface area contributed by atoms with Crippen LogP contribution < -0.4 is 4.90 Å². The molecule has 2 bridgehead atoms. The predicted molar refractivity (Wildman–Crippen MR) is 147 cm³/mol. The van der Waals surface area contributed by atoms with Crippen LogP contribution in [0, 0.1) is 11.7 Å². The molecule has 5 nitrogen and oxygen atoms in total. The van der Waals surface area contributed by atoms with E-state index in [1.165, 1.54) is 6.07 Å². The Balaban J connectivity index is 1.72. The molecule has 2 aromatic rings. The number of rotatable bonds is 6. The summed E-state index contributed by atoms with van der Waals surface area (Å²) in [6.07, 6.45) is 5.80. The number of carbonyl (C=O) groups excluding carboxylic acids is 2. The first kappa shape index (κ1) is 27.3. The van der Waals surface area contributed by atoms with Crippen LogP contribution in [0.3, 0.4) is 0 Å². The Morgan fingerprint density at radius 2 is 1.70 bits per heavy atom. The van der Waals surface area contributed by atoms with E-state index < -0.39 is 0 Å². The maximum absolute atomic E-state index is 14.5. The van der Waals surface area contributed by atoms with Crippen molar-refractivity contribution >= 4 is 17.5 Å². The van der Waals surface area contributed by atoms with Crippen molar-refractivity contribution in [1.29, 1.82) is 0 Å². The number of anilines is 1. The summed E-state index contributed by atoms with van der Waals surface area (Å²) < 4.78 is 14.5. The smallest absolute Gasteiger partial charge is 0.227 e. The number of benzene rings is 2. The highest BCUT2D eigenvalue weighted by Gasteiger charge is 2.34. The van der Waals surface area contributed by atoms with Crippen LogP contribution in [0.4, 0.5) is 10.1 Å². The fourth-order valence-electron chi connectivity index (χ4n) is 5.89. The molecule has 0 aromatic heterocycles. The molecule has 2 atom stereocenters. The van der Waals surface area contributed by atoms with Crippen LogP contribution in [0.5, 0.6) is 0 Å². The number of amides is 2. The first-order valence-corrected chi connectivity index (χ1v) is 14.0. The number of carbonyl (C=O) groups is 2. The third kappa shape index (κ3) is 6.78. The fourth-order valence-corrected chi connectivity index (χ4v) is 5.89. The van der Waals surface area contributed by atoms with Gasteiger partial charge in [0.05, 0.1) is 6.42 Å². The van der Waals surface area contributed by atoms with Gasteiger partial charge in [0.1, 0.15) is 5.82 Å². The van der Waals surface area contributed by atoms with Gasteiger partial charge in [0.15, 0.2) is 0 Å². The van der Waals surface area contributed by atoms with Crippen molar-refractivity contribution in [1.82, 2.24) is 9.80 Å². The number of piperidine rings is 1. The maximum atomic E-state index is 14.5. The van der Waals surface area contributed by atoms with Crippen LogP contribution in [0.25, 0.3) is 0 Å². The summed E-state index contributed by atoms with van der Waals surface area (Å²) in [6, 6.07) is 15.2. The molecule has 2 unspecified atom stereocenters. The van der Waals surface area contributed by atoms with Gasteiger partial charge in [-0.25, -0.2) is 4.39 Å². The van der Waals surface area contributed by atoms with E-state index in [1.807, 2.05) is 41.0 Å². The van der Waals surface area contributed by atoms with E-state index in [2.05, 4.69) is 18.7 Å². The predicted octanol–water partition coefficient (Wildman–Crippen LogP) is 5.81. The second-order valence-electron chi connectivity index (χ2n) is 11.0. The summed E-state index contributed by atoms with van der Waals surface area (Å²) in [6.45, 7) is 9.13. The van der Waals surface area contributed by atoms with E-state index >= 15 is 0 Å². The standard InChI is InChI=1S/C31H42FN3O2/c1-4-30(36)35-19-17-26-12-9-13-27(34(26)18-16-23(2)3)22-33(21-25-11-6-8-15-29(25)35)31(37)20-24-10-5-7-14-28(24)32/h5-8,10-11,14-15,23,26-27H,4,9,12-13,16-22H2,1-3H3. The largest absolute Gasteiger partial charge is 0.336 e. The first-order valence-electron chi connectivity index (χ1n) is 14.0. The van der Waals surface area contributed by atoms with Gasteiger partial charge >= 0.3 is 0 Å². The molecular formula is C31H42FN3O2. The Labute approximate surface area is 221 Å². The lowest BCUT2D eigenvalue weighted by atomic mass is 9.92. The Bertz CT molecular complexity index is 1070. The van der Waals surface area contributed by atoms with E-state index in [0.717, 1.165) is 49.9 Å². The molecule has 37 heavy (non-hydrogen) atoms. The lowest BCUT2D eigenvalue weighted by Gasteiger charge is -2.44. The van der Waals surface area contributed by atoms with Crippen LogP contribution in [0.2, 0.25) is 0 Å². The summed E-state index contributed by atoms with van der Waals surface area (Å²) >= 11 is 0. The van der Waals surface area contributed by atoms with E-state index in [9.17, 15) is 14.0 Å². The van der Waals surface area contributed by atoms with Gasteiger partial charge < -0.3 is 9.80 Å². The normalized spacial score (nSPS) is 20.9. The molecule has 2 amide bonds. The Morgan fingerprint density at radius 3 is 2.46 bits per heavy atom. The van der Waals surface area contributed by atoms with E-state index in [1.54, 1.807) is 18.2 Å². The zero-order valence-corrected chi connectivity index (χ0v) is 22.7. The topological polar surface area (TPSA) is 43.9 Å². The average Bonchev–Trinajstić information content (AvgIpc) is 2.90. The van der Waals surface area contributed by atoms with Crippen LogP contribution >= 0.6 is 0 Å². The van der Waals surface area contributed by atoms with Gasteiger partial charge in [-0.3, -0.25) is 14.5 Å². The Hall–Kier alpha value is -2.73. The average molecular weight is 508 g/mol. The molecule has 6 heteroatoms. The minimum Gasteiger partial charge on any atom is -0.336 e. The number of para-hydroxylation sites is 1. The zero-order valence-electron chi connectivity index (χ0n) is 22.7. The molecule has 1 saturated heterocycles. The monoisotopic (exact) mass is 507 g/mol. The summed E-state index contributed by atoms with van der Waals surface area (Å²) in [7, 11) is 0. The minimum absolute atomic E-state index is 0.0363. The number of hydrogen-bond donors (Lipinski definition) is 0. The third-order valence-corrected chi connectivity index (χ3v) is 7.99. The molecule has 1 fully saturated rings. The third-order valence-electron chi connectivity index (χ3n) is 7.99. The lowest BCUT2D eigenvalue weighted by Crippen LogP contribution is -2.53. The van der Waals surface area contributed by atoms with E-state index in [0.29, 0.717) is 43.6 Å². The van der Waals surface area contributed by atoms with Crippen molar-refractivity contribution in [3.8, 4) is 0 Å². The van der Waals surface area contributed by atoms with Crippen molar-refractivity contribution in [2.75, 3.05) is 24.5 Å². The summed E-state index contributed by atoms with van der Waals surface area (Å²) in [5.41, 5.74) is 2.29. The summed E-state index contributed by atoms with van der Waals surface area (Å²) in [4.78, 5) is 33.4. The van der Waals surface area contributed by atoms with Crippen molar-refractivity contribution in [3.05, 3.63) is 65.5 Å². The van der Waals surface area contributed by atoms with Gasteiger partial charge in [0.25, 0.3) is 0 Å². The van der Waals surface area contributed by atoms with Crippen molar-refractivity contribution in [3.63, 3.8) is 0 Å². The van der Waals surface area contributed by atoms with Crippen molar-refractivity contribution in [2.45, 2.75) is 84.3 Å². The van der Waals surface area contributed by atoms with E-state index in [4.69, 9.17) is 0 Å². The first-order chi connectivity index (χ1) is 17.9. The second-order valence-corrected chi connectivity index (χ2v) is 11.0. The van der Waals surface area contributed by atoms with Crippen LogP contribution in [0.1, 0.15) is 70.4 Å².